The monoisotopic (exact) mass is 498 g/mol. The number of rotatable bonds is 7. The molecule has 0 saturated carbocycles. The normalized spacial score (nSPS) is 11.4. The largest absolute Gasteiger partial charge is 0.356 e. The standard InChI is InChI=1S/C21H27FN4O.HI/c1-21(2,17-10-7-11-18(22)14-17)15-26-20(23-3)25-13-12-24-19(27)16-8-5-4-6-9-16;/h4-11,14H,12-13,15H2,1-3H3,(H,24,27)(H2,23,25,26);1H. The molecule has 0 atom stereocenters. The van der Waals surface area contributed by atoms with Crippen LogP contribution in [0.3, 0.4) is 0 Å². The van der Waals surface area contributed by atoms with Gasteiger partial charge in [-0.2, -0.15) is 0 Å². The molecule has 0 bridgehead atoms. The molecule has 152 valence electrons. The molecule has 0 fully saturated rings. The van der Waals surface area contributed by atoms with Crippen LogP contribution in [0.4, 0.5) is 4.39 Å². The van der Waals surface area contributed by atoms with Gasteiger partial charge >= 0.3 is 0 Å². The van der Waals surface area contributed by atoms with Crippen molar-refractivity contribution >= 4 is 35.8 Å². The van der Waals surface area contributed by atoms with Gasteiger partial charge < -0.3 is 16.0 Å². The second kappa shape index (κ2) is 11.6. The van der Waals surface area contributed by atoms with Crippen molar-refractivity contribution < 1.29 is 9.18 Å². The van der Waals surface area contributed by atoms with Gasteiger partial charge in [0.05, 0.1) is 0 Å². The van der Waals surface area contributed by atoms with Crippen molar-refractivity contribution in [2.45, 2.75) is 19.3 Å². The summed E-state index contributed by atoms with van der Waals surface area (Å²) in [6, 6.07) is 15.7. The van der Waals surface area contributed by atoms with Crippen molar-refractivity contribution in [3.05, 3.63) is 71.5 Å². The maximum absolute atomic E-state index is 13.5. The number of hydrogen-bond acceptors (Lipinski definition) is 2. The molecule has 0 spiro atoms. The Morgan fingerprint density at radius 3 is 2.32 bits per heavy atom. The molecule has 0 aromatic heterocycles. The zero-order chi connectivity index (χ0) is 19.7. The molecule has 2 aromatic carbocycles. The molecule has 2 aromatic rings. The molecule has 1 amide bonds. The molecule has 0 aliphatic carbocycles. The van der Waals surface area contributed by atoms with Crippen LogP contribution < -0.4 is 16.0 Å². The molecule has 0 aliphatic rings. The molecule has 0 radical (unpaired) electrons. The fourth-order valence-electron chi connectivity index (χ4n) is 2.59. The number of carbonyl (C=O) groups excluding carboxylic acids is 1. The SMILES string of the molecule is CN=C(NCCNC(=O)c1ccccc1)NCC(C)(C)c1cccc(F)c1.I. The van der Waals surface area contributed by atoms with E-state index in [4.69, 9.17) is 0 Å². The van der Waals surface area contributed by atoms with Crippen molar-refractivity contribution in [3.63, 3.8) is 0 Å². The van der Waals surface area contributed by atoms with Crippen molar-refractivity contribution in [3.8, 4) is 0 Å². The van der Waals surface area contributed by atoms with Crippen LogP contribution in [0.2, 0.25) is 0 Å². The van der Waals surface area contributed by atoms with Gasteiger partial charge in [0.15, 0.2) is 5.96 Å². The van der Waals surface area contributed by atoms with Crippen LogP contribution in [0.5, 0.6) is 0 Å². The number of hydrogen-bond donors (Lipinski definition) is 3. The molecule has 0 heterocycles. The van der Waals surface area contributed by atoms with Gasteiger partial charge in [0.2, 0.25) is 0 Å². The van der Waals surface area contributed by atoms with Gasteiger partial charge in [-0.25, -0.2) is 4.39 Å². The van der Waals surface area contributed by atoms with E-state index in [2.05, 4.69) is 20.9 Å². The highest BCUT2D eigenvalue weighted by atomic mass is 127. The van der Waals surface area contributed by atoms with E-state index in [-0.39, 0.29) is 41.1 Å². The van der Waals surface area contributed by atoms with Crippen molar-refractivity contribution in [1.29, 1.82) is 0 Å². The Balaban J connectivity index is 0.00000392. The highest BCUT2D eigenvalue weighted by molar-refractivity contribution is 14.0. The van der Waals surface area contributed by atoms with E-state index >= 15 is 0 Å². The third-order valence-electron chi connectivity index (χ3n) is 4.27. The first kappa shape index (κ1) is 23.9. The zero-order valence-corrected chi connectivity index (χ0v) is 18.8. The Morgan fingerprint density at radius 1 is 1.00 bits per heavy atom. The quantitative estimate of drug-likeness (QED) is 0.238. The lowest BCUT2D eigenvalue weighted by molar-refractivity contribution is 0.0954. The van der Waals surface area contributed by atoms with Crippen molar-refractivity contribution in [2.75, 3.05) is 26.7 Å². The number of carbonyl (C=O) groups is 1. The number of amides is 1. The molecule has 28 heavy (non-hydrogen) atoms. The van der Waals surface area contributed by atoms with E-state index in [1.54, 1.807) is 31.3 Å². The van der Waals surface area contributed by atoms with Crippen LogP contribution in [0, 0.1) is 5.82 Å². The predicted molar refractivity (Wildman–Crippen MR) is 123 cm³/mol. The first-order valence-corrected chi connectivity index (χ1v) is 8.96. The Labute approximate surface area is 183 Å². The Hall–Kier alpha value is -2.16. The highest BCUT2D eigenvalue weighted by Gasteiger charge is 2.21. The van der Waals surface area contributed by atoms with Crippen LogP contribution in [0.25, 0.3) is 0 Å². The summed E-state index contributed by atoms with van der Waals surface area (Å²) < 4.78 is 13.5. The molecule has 0 saturated heterocycles. The average Bonchev–Trinajstić information content (AvgIpc) is 2.68. The van der Waals surface area contributed by atoms with Crippen LogP contribution in [-0.4, -0.2) is 38.5 Å². The summed E-state index contributed by atoms with van der Waals surface area (Å²) in [5.41, 5.74) is 1.29. The molecule has 3 N–H and O–H groups in total. The van der Waals surface area contributed by atoms with E-state index in [0.717, 1.165) is 5.56 Å². The van der Waals surface area contributed by atoms with Crippen molar-refractivity contribution in [2.24, 2.45) is 4.99 Å². The van der Waals surface area contributed by atoms with Crippen LogP contribution in [0.15, 0.2) is 59.6 Å². The lowest BCUT2D eigenvalue weighted by Crippen LogP contribution is -2.45. The summed E-state index contributed by atoms with van der Waals surface area (Å²) in [4.78, 5) is 16.2. The van der Waals surface area contributed by atoms with Gasteiger partial charge in [0.25, 0.3) is 5.91 Å². The zero-order valence-electron chi connectivity index (χ0n) is 16.5. The molecule has 0 aliphatic heterocycles. The third kappa shape index (κ3) is 7.46. The van der Waals surface area contributed by atoms with Gasteiger partial charge in [0.1, 0.15) is 5.82 Å². The number of halogens is 2. The lowest BCUT2D eigenvalue weighted by Gasteiger charge is -2.27. The smallest absolute Gasteiger partial charge is 0.251 e. The fourth-order valence-corrected chi connectivity index (χ4v) is 2.59. The summed E-state index contributed by atoms with van der Waals surface area (Å²) >= 11 is 0. The Kier molecular flexibility index (Phi) is 9.92. The van der Waals surface area contributed by atoms with Crippen LogP contribution >= 0.6 is 24.0 Å². The minimum atomic E-state index is -0.263. The predicted octanol–water partition coefficient (Wildman–Crippen LogP) is 3.32. The van der Waals surface area contributed by atoms with Crippen molar-refractivity contribution in [1.82, 2.24) is 16.0 Å². The van der Waals surface area contributed by atoms with E-state index in [0.29, 0.717) is 31.2 Å². The fraction of sp³-hybridized carbons (Fsp3) is 0.333. The molecule has 7 heteroatoms. The molecular formula is C21H28FIN4O. The number of benzene rings is 2. The summed E-state index contributed by atoms with van der Waals surface area (Å²) in [5.74, 6) is 0.290. The highest BCUT2D eigenvalue weighted by Crippen LogP contribution is 2.22. The maximum Gasteiger partial charge on any atom is 0.251 e. The molecular weight excluding hydrogens is 470 g/mol. The minimum absolute atomic E-state index is 0. The Morgan fingerprint density at radius 2 is 1.68 bits per heavy atom. The van der Waals surface area contributed by atoms with Crippen LogP contribution in [0.1, 0.15) is 29.8 Å². The third-order valence-corrected chi connectivity index (χ3v) is 4.27. The van der Waals surface area contributed by atoms with Gasteiger partial charge in [-0.15, -0.1) is 24.0 Å². The van der Waals surface area contributed by atoms with E-state index < -0.39 is 0 Å². The summed E-state index contributed by atoms with van der Waals surface area (Å²) in [5, 5.41) is 9.27. The Bertz CT molecular complexity index is 781. The molecule has 0 unspecified atom stereocenters. The van der Waals surface area contributed by atoms with E-state index in [1.807, 2.05) is 38.1 Å². The van der Waals surface area contributed by atoms with Gasteiger partial charge in [-0.05, 0) is 29.8 Å². The topological polar surface area (TPSA) is 65.5 Å². The maximum atomic E-state index is 13.5. The molecule has 5 nitrogen and oxygen atoms in total. The van der Waals surface area contributed by atoms with Gasteiger partial charge in [-0.3, -0.25) is 9.79 Å². The summed E-state index contributed by atoms with van der Waals surface area (Å²) in [6.45, 7) is 5.69. The van der Waals surface area contributed by atoms with Gasteiger partial charge in [-0.1, -0.05) is 44.2 Å². The lowest BCUT2D eigenvalue weighted by atomic mass is 9.84. The number of aliphatic imine (C=N–C) groups is 1. The summed E-state index contributed by atoms with van der Waals surface area (Å²) in [7, 11) is 1.69. The summed E-state index contributed by atoms with van der Waals surface area (Å²) in [6.07, 6.45) is 0. The minimum Gasteiger partial charge on any atom is -0.356 e. The first-order valence-electron chi connectivity index (χ1n) is 8.96. The van der Waals surface area contributed by atoms with E-state index in [1.165, 1.54) is 6.07 Å². The number of nitrogens with zero attached hydrogens (tertiary/aromatic N) is 1. The van der Waals surface area contributed by atoms with E-state index in [9.17, 15) is 9.18 Å². The molecule has 2 rings (SSSR count). The number of guanidine groups is 1. The average molecular weight is 498 g/mol. The van der Waals surface area contributed by atoms with Crippen LogP contribution in [-0.2, 0) is 5.41 Å². The van der Waals surface area contributed by atoms with Gasteiger partial charge in [0, 0.05) is 37.7 Å². The first-order chi connectivity index (χ1) is 12.9. The second-order valence-corrected chi connectivity index (χ2v) is 6.87. The second-order valence-electron chi connectivity index (χ2n) is 6.87. The number of nitrogens with one attached hydrogen (secondary N) is 3.